The fourth-order valence-electron chi connectivity index (χ4n) is 4.27. The largest absolute Gasteiger partial charge is 0.416 e. The second-order valence-corrected chi connectivity index (χ2v) is 7.85. The van der Waals surface area contributed by atoms with E-state index in [1.54, 1.807) is 4.90 Å². The maximum atomic E-state index is 12.7. The van der Waals surface area contributed by atoms with E-state index in [-0.39, 0.29) is 11.9 Å². The lowest BCUT2D eigenvalue weighted by Gasteiger charge is -2.21. The Morgan fingerprint density at radius 2 is 1.73 bits per heavy atom. The van der Waals surface area contributed by atoms with Crippen LogP contribution < -0.4 is 5.32 Å². The van der Waals surface area contributed by atoms with Gasteiger partial charge in [0.15, 0.2) is 0 Å². The molecule has 2 amide bonds. The van der Waals surface area contributed by atoms with Gasteiger partial charge in [-0.15, -0.1) is 0 Å². The topological polar surface area (TPSA) is 70.5 Å². The van der Waals surface area contributed by atoms with Crippen molar-refractivity contribution in [1.29, 1.82) is 0 Å². The van der Waals surface area contributed by atoms with Gasteiger partial charge in [0.2, 0.25) is 0 Å². The van der Waals surface area contributed by atoms with Crippen molar-refractivity contribution >= 4 is 11.9 Å². The number of hydrogen-bond acceptors (Lipinski definition) is 4. The van der Waals surface area contributed by atoms with Crippen LogP contribution in [0.1, 0.15) is 21.5 Å². The quantitative estimate of drug-likeness (QED) is 0.826. The van der Waals surface area contributed by atoms with Gasteiger partial charge >= 0.3 is 12.2 Å². The predicted molar refractivity (Wildman–Crippen MR) is 102 cm³/mol. The zero-order chi connectivity index (χ0) is 21.5. The summed E-state index contributed by atoms with van der Waals surface area (Å²) in [6, 6.07) is 5.02. The highest BCUT2D eigenvalue weighted by atomic mass is 19.4. The second-order valence-electron chi connectivity index (χ2n) is 7.85. The average Bonchev–Trinajstić information content (AvgIpc) is 3.41. The van der Waals surface area contributed by atoms with Crippen molar-refractivity contribution in [2.24, 2.45) is 11.8 Å². The fourth-order valence-corrected chi connectivity index (χ4v) is 4.27. The highest BCUT2D eigenvalue weighted by Crippen LogP contribution is 2.33. The van der Waals surface area contributed by atoms with E-state index < -0.39 is 11.7 Å². The molecule has 2 saturated heterocycles. The number of hydrogen-bond donors (Lipinski definition) is 1. The lowest BCUT2D eigenvalue weighted by molar-refractivity contribution is -0.137. The predicted octanol–water partition coefficient (Wildman–Crippen LogP) is 2.29. The molecule has 2 aliphatic heterocycles. The van der Waals surface area contributed by atoms with Crippen LogP contribution in [0.4, 0.5) is 18.0 Å². The first-order valence-electron chi connectivity index (χ1n) is 9.69. The third-order valence-electron chi connectivity index (χ3n) is 5.79. The molecule has 2 aliphatic rings. The third-order valence-corrected chi connectivity index (χ3v) is 5.79. The maximum Gasteiger partial charge on any atom is 0.416 e. The highest BCUT2D eigenvalue weighted by molar-refractivity contribution is 5.94. The monoisotopic (exact) mass is 421 g/mol. The molecule has 0 radical (unpaired) electrons. The van der Waals surface area contributed by atoms with Crippen LogP contribution in [0.15, 0.2) is 36.7 Å². The summed E-state index contributed by atoms with van der Waals surface area (Å²) in [5.41, 5.74) is 0.527. The van der Waals surface area contributed by atoms with Gasteiger partial charge in [0.05, 0.1) is 17.3 Å². The Morgan fingerprint density at radius 3 is 2.30 bits per heavy atom. The Kier molecular flexibility index (Phi) is 5.27. The molecule has 30 heavy (non-hydrogen) atoms. The highest BCUT2D eigenvalue weighted by Gasteiger charge is 2.42. The molecule has 1 aromatic carbocycles. The third kappa shape index (κ3) is 4.04. The lowest BCUT2D eigenvalue weighted by Crippen LogP contribution is -2.36. The van der Waals surface area contributed by atoms with Gasteiger partial charge in [-0.2, -0.15) is 23.0 Å². The van der Waals surface area contributed by atoms with E-state index in [1.807, 2.05) is 0 Å². The molecule has 2 atom stereocenters. The van der Waals surface area contributed by atoms with E-state index in [1.165, 1.54) is 36.3 Å². The first kappa shape index (κ1) is 20.4. The Bertz CT molecular complexity index is 927. The van der Waals surface area contributed by atoms with E-state index in [9.17, 15) is 22.8 Å². The Balaban J connectivity index is 1.32. The van der Waals surface area contributed by atoms with Gasteiger partial charge < -0.3 is 10.2 Å². The number of carbonyl (C=O) groups excluding carboxylic acids is 2. The van der Waals surface area contributed by atoms with E-state index >= 15 is 0 Å². The number of aromatic nitrogens is 2. The molecule has 160 valence electrons. The standard InChI is InChI=1S/C20H22F3N5O2/c1-24-18(29)14-6-25-28(12-14)19(30)27-10-15-8-26(9-16(15)11-27)7-13-2-4-17(5-3-13)20(21,22)23/h2-6,12,15-16H,7-11H2,1H3,(H,24,29). The number of amides is 2. The molecule has 10 heteroatoms. The Hall–Kier alpha value is -2.88. The van der Waals surface area contributed by atoms with E-state index in [2.05, 4.69) is 15.3 Å². The molecule has 1 N–H and O–H groups in total. The minimum atomic E-state index is -4.32. The molecule has 0 spiro atoms. The van der Waals surface area contributed by atoms with Gasteiger partial charge in [-0.1, -0.05) is 12.1 Å². The van der Waals surface area contributed by atoms with Gasteiger partial charge in [-0.05, 0) is 29.5 Å². The fraction of sp³-hybridized carbons (Fsp3) is 0.450. The molecule has 0 bridgehead atoms. The number of likely N-dealkylation sites (tertiary alicyclic amines) is 2. The van der Waals surface area contributed by atoms with Crippen molar-refractivity contribution in [2.45, 2.75) is 12.7 Å². The van der Waals surface area contributed by atoms with Crippen LogP contribution in [0.25, 0.3) is 0 Å². The zero-order valence-corrected chi connectivity index (χ0v) is 16.4. The summed E-state index contributed by atoms with van der Waals surface area (Å²) >= 11 is 0. The van der Waals surface area contributed by atoms with E-state index in [0.29, 0.717) is 37.0 Å². The number of carbonyl (C=O) groups is 2. The summed E-state index contributed by atoms with van der Waals surface area (Å²) in [7, 11) is 1.51. The van der Waals surface area contributed by atoms with Crippen LogP contribution in [0.5, 0.6) is 0 Å². The number of fused-ring (bicyclic) bond motifs is 1. The lowest BCUT2D eigenvalue weighted by atomic mass is 10.0. The Labute approximate surface area is 171 Å². The summed E-state index contributed by atoms with van der Waals surface area (Å²) < 4.78 is 39.3. The minimum absolute atomic E-state index is 0.256. The van der Waals surface area contributed by atoms with Gasteiger partial charge in [0.25, 0.3) is 5.91 Å². The smallest absolute Gasteiger partial charge is 0.355 e. The van der Waals surface area contributed by atoms with Crippen LogP contribution in [-0.2, 0) is 12.7 Å². The van der Waals surface area contributed by atoms with Crippen LogP contribution in [-0.4, -0.2) is 64.7 Å². The van der Waals surface area contributed by atoms with Crippen molar-refractivity contribution in [2.75, 3.05) is 33.2 Å². The van der Waals surface area contributed by atoms with Crippen molar-refractivity contribution in [3.8, 4) is 0 Å². The van der Waals surface area contributed by atoms with Gasteiger partial charge in [-0.3, -0.25) is 9.69 Å². The van der Waals surface area contributed by atoms with Gasteiger partial charge in [0.1, 0.15) is 0 Å². The molecule has 2 aromatic rings. The first-order chi connectivity index (χ1) is 14.2. The van der Waals surface area contributed by atoms with Crippen LogP contribution in [0.2, 0.25) is 0 Å². The molecule has 7 nitrogen and oxygen atoms in total. The number of benzene rings is 1. The molecule has 4 rings (SSSR count). The summed E-state index contributed by atoms with van der Waals surface area (Å²) in [4.78, 5) is 28.3. The molecular formula is C20H22F3N5O2. The van der Waals surface area contributed by atoms with Crippen molar-refractivity contribution < 1.29 is 22.8 Å². The normalized spacial score (nSPS) is 21.7. The van der Waals surface area contributed by atoms with Crippen LogP contribution in [0.3, 0.4) is 0 Å². The average molecular weight is 421 g/mol. The van der Waals surface area contributed by atoms with Crippen LogP contribution in [0, 0.1) is 11.8 Å². The van der Waals surface area contributed by atoms with E-state index in [4.69, 9.17) is 0 Å². The number of rotatable bonds is 3. The van der Waals surface area contributed by atoms with E-state index in [0.717, 1.165) is 30.8 Å². The molecule has 1 aromatic heterocycles. The molecule has 3 heterocycles. The number of alkyl halides is 3. The summed E-state index contributed by atoms with van der Waals surface area (Å²) in [6.07, 6.45) is -1.54. The van der Waals surface area contributed by atoms with Gasteiger partial charge in [0, 0.05) is 46.0 Å². The number of nitrogens with zero attached hydrogens (tertiary/aromatic N) is 4. The summed E-state index contributed by atoms with van der Waals surface area (Å²) in [6.45, 7) is 3.37. The zero-order valence-electron chi connectivity index (χ0n) is 16.4. The number of halogens is 3. The maximum absolute atomic E-state index is 12.7. The molecule has 0 aliphatic carbocycles. The molecule has 2 unspecified atom stereocenters. The SMILES string of the molecule is CNC(=O)c1cnn(C(=O)N2CC3CN(Cc4ccc(C(F)(F)F)cc4)CC3C2)c1. The molecule has 2 fully saturated rings. The summed E-state index contributed by atoms with van der Waals surface area (Å²) in [5.74, 6) is 0.334. The van der Waals surface area contributed by atoms with Crippen LogP contribution >= 0.6 is 0 Å². The molecule has 0 saturated carbocycles. The van der Waals surface area contributed by atoms with Crippen molar-refractivity contribution in [3.05, 3.63) is 53.3 Å². The van der Waals surface area contributed by atoms with Crippen molar-refractivity contribution in [3.63, 3.8) is 0 Å². The summed E-state index contributed by atoms with van der Waals surface area (Å²) in [5, 5.41) is 6.49. The first-order valence-corrected chi connectivity index (χ1v) is 9.69. The van der Waals surface area contributed by atoms with Gasteiger partial charge in [-0.25, -0.2) is 4.79 Å². The van der Waals surface area contributed by atoms with Crippen molar-refractivity contribution in [1.82, 2.24) is 24.9 Å². The Morgan fingerprint density at radius 1 is 1.10 bits per heavy atom. The minimum Gasteiger partial charge on any atom is -0.355 e. The number of nitrogens with one attached hydrogen (secondary N) is 1. The second kappa shape index (κ2) is 7.75. The molecular weight excluding hydrogens is 399 g/mol.